The Kier molecular flexibility index (Phi) is 4.61. The molecule has 2 aromatic rings. The highest BCUT2D eigenvalue weighted by Crippen LogP contribution is 2.31. The van der Waals surface area contributed by atoms with E-state index in [1.54, 1.807) is 0 Å². The Balaban J connectivity index is 1.64. The van der Waals surface area contributed by atoms with Gasteiger partial charge in [0.25, 0.3) is 0 Å². The first-order valence-electron chi connectivity index (χ1n) is 8.19. The summed E-state index contributed by atoms with van der Waals surface area (Å²) in [4.78, 5) is 11.9. The highest BCUT2D eigenvalue weighted by molar-refractivity contribution is 6.01. The van der Waals surface area contributed by atoms with E-state index in [9.17, 15) is 4.79 Å². The van der Waals surface area contributed by atoms with Crippen LogP contribution in [0.4, 0.5) is 5.82 Å². The second-order valence-corrected chi connectivity index (χ2v) is 5.95. The van der Waals surface area contributed by atoms with Gasteiger partial charge in [0.2, 0.25) is 5.91 Å². The molecule has 118 valence electrons. The van der Waals surface area contributed by atoms with Gasteiger partial charge in [0.05, 0.1) is 12.1 Å². The summed E-state index contributed by atoms with van der Waals surface area (Å²) in [6.45, 7) is 2.93. The zero-order chi connectivity index (χ0) is 15.4. The van der Waals surface area contributed by atoms with Gasteiger partial charge >= 0.3 is 0 Å². The number of aromatic nitrogens is 2. The molecule has 0 saturated heterocycles. The van der Waals surface area contributed by atoms with Crippen molar-refractivity contribution in [2.75, 3.05) is 11.9 Å². The highest BCUT2D eigenvalue weighted by atomic mass is 16.5. The topological polar surface area (TPSA) is 67.0 Å². The zero-order valence-corrected chi connectivity index (χ0v) is 13.0. The van der Waals surface area contributed by atoms with E-state index in [1.165, 1.54) is 19.3 Å². The van der Waals surface area contributed by atoms with Crippen LogP contribution in [0.2, 0.25) is 0 Å². The van der Waals surface area contributed by atoms with Crippen molar-refractivity contribution < 1.29 is 9.53 Å². The maximum absolute atomic E-state index is 11.9. The maximum Gasteiger partial charge on any atom is 0.228 e. The molecule has 5 heteroatoms. The van der Waals surface area contributed by atoms with Crippen LogP contribution >= 0.6 is 0 Å². The summed E-state index contributed by atoms with van der Waals surface area (Å²) in [6, 6.07) is 5.82. The monoisotopic (exact) mass is 301 g/mol. The first-order valence-corrected chi connectivity index (χ1v) is 8.19. The largest absolute Gasteiger partial charge is 0.494 e. The molecule has 0 spiro atoms. The number of hydrogen-bond donors (Lipinski definition) is 2. The minimum absolute atomic E-state index is 0.0688. The second kappa shape index (κ2) is 6.81. The molecule has 0 aliphatic heterocycles. The van der Waals surface area contributed by atoms with Crippen LogP contribution in [0, 0.1) is 5.92 Å². The maximum atomic E-state index is 11.9. The molecule has 0 unspecified atom stereocenters. The number of benzene rings is 1. The van der Waals surface area contributed by atoms with Crippen LogP contribution in [-0.2, 0) is 4.79 Å². The van der Waals surface area contributed by atoms with Gasteiger partial charge in [-0.15, -0.1) is 0 Å². The zero-order valence-electron chi connectivity index (χ0n) is 13.0. The molecule has 1 aliphatic carbocycles. The van der Waals surface area contributed by atoms with Crippen molar-refractivity contribution in [3.8, 4) is 5.75 Å². The lowest BCUT2D eigenvalue weighted by Gasteiger charge is -2.06. The lowest BCUT2D eigenvalue weighted by atomic mass is 10.2. The molecule has 0 atom stereocenters. The average Bonchev–Trinajstić information content (AvgIpc) is 3.31. The first kappa shape index (κ1) is 14.9. The lowest BCUT2D eigenvalue weighted by Crippen LogP contribution is -2.13. The van der Waals surface area contributed by atoms with Crippen LogP contribution in [0.25, 0.3) is 10.9 Å². The van der Waals surface area contributed by atoms with Crippen molar-refractivity contribution in [2.24, 2.45) is 5.92 Å². The lowest BCUT2D eigenvalue weighted by molar-refractivity contribution is -0.117. The Morgan fingerprint density at radius 1 is 1.36 bits per heavy atom. The number of anilines is 1. The van der Waals surface area contributed by atoms with Gasteiger partial charge in [-0.3, -0.25) is 9.89 Å². The van der Waals surface area contributed by atoms with E-state index < -0.39 is 0 Å². The molecule has 1 aliphatic rings. The van der Waals surface area contributed by atoms with Gasteiger partial charge in [0.15, 0.2) is 5.82 Å². The third kappa shape index (κ3) is 3.59. The molecule has 3 rings (SSSR count). The number of aromatic amines is 1. The Hall–Kier alpha value is -2.04. The molecule has 0 radical (unpaired) electrons. The molecule has 1 aromatic heterocycles. The number of carbonyl (C=O) groups is 1. The fraction of sp³-hybridized carbons (Fsp3) is 0.529. The number of nitrogens with one attached hydrogen (secondary N) is 2. The standard InChI is InChI=1S/C17H23N3O2/c1-2-3-4-5-10-22-13-8-9-15-14(11-13)16(20-19-15)18-17(21)12-6-7-12/h8-9,11-12H,2-7,10H2,1H3,(H2,18,19,20,21). The van der Waals surface area contributed by atoms with Crippen LogP contribution in [-0.4, -0.2) is 22.7 Å². The van der Waals surface area contributed by atoms with Crippen molar-refractivity contribution in [3.63, 3.8) is 0 Å². The number of fused-ring (bicyclic) bond motifs is 1. The van der Waals surface area contributed by atoms with Gasteiger partial charge in [-0.1, -0.05) is 26.2 Å². The molecule has 5 nitrogen and oxygen atoms in total. The fourth-order valence-electron chi connectivity index (χ4n) is 2.46. The predicted molar refractivity (Wildman–Crippen MR) is 87.1 cm³/mol. The number of ether oxygens (including phenoxy) is 1. The number of hydrogen-bond acceptors (Lipinski definition) is 3. The van der Waals surface area contributed by atoms with Crippen LogP contribution in [0.15, 0.2) is 18.2 Å². The number of carbonyl (C=O) groups excluding carboxylic acids is 1. The third-order valence-corrected chi connectivity index (χ3v) is 3.99. The number of unbranched alkanes of at least 4 members (excludes halogenated alkanes) is 3. The van der Waals surface area contributed by atoms with E-state index in [0.29, 0.717) is 5.82 Å². The van der Waals surface area contributed by atoms with Gasteiger partial charge in [0.1, 0.15) is 5.75 Å². The molecule has 0 bridgehead atoms. The second-order valence-electron chi connectivity index (χ2n) is 5.95. The third-order valence-electron chi connectivity index (χ3n) is 3.99. The Morgan fingerprint density at radius 3 is 3.00 bits per heavy atom. The molecular weight excluding hydrogens is 278 g/mol. The van der Waals surface area contributed by atoms with Crippen molar-refractivity contribution in [1.29, 1.82) is 0 Å². The minimum Gasteiger partial charge on any atom is -0.494 e. The van der Waals surface area contributed by atoms with Gasteiger partial charge in [-0.25, -0.2) is 0 Å². The predicted octanol–water partition coefficient (Wildman–Crippen LogP) is 3.87. The molecule has 1 saturated carbocycles. The van der Waals surface area contributed by atoms with Crippen LogP contribution in [0.3, 0.4) is 0 Å². The molecule has 2 N–H and O–H groups in total. The van der Waals surface area contributed by atoms with Gasteiger partial charge in [-0.05, 0) is 37.5 Å². The van der Waals surface area contributed by atoms with Crippen molar-refractivity contribution in [1.82, 2.24) is 10.2 Å². The SMILES string of the molecule is CCCCCCOc1ccc2[nH]nc(NC(=O)C3CC3)c2c1. The summed E-state index contributed by atoms with van der Waals surface area (Å²) in [6.07, 6.45) is 6.73. The van der Waals surface area contributed by atoms with Gasteiger partial charge < -0.3 is 10.1 Å². The molecular formula is C17H23N3O2. The summed E-state index contributed by atoms with van der Waals surface area (Å²) < 4.78 is 5.80. The summed E-state index contributed by atoms with van der Waals surface area (Å²) in [5, 5.41) is 10.9. The average molecular weight is 301 g/mol. The Morgan fingerprint density at radius 2 is 2.23 bits per heavy atom. The van der Waals surface area contributed by atoms with Crippen LogP contribution < -0.4 is 10.1 Å². The normalized spacial score (nSPS) is 14.2. The number of amides is 1. The van der Waals surface area contributed by atoms with Crippen LogP contribution in [0.1, 0.15) is 45.4 Å². The summed E-state index contributed by atoms with van der Waals surface area (Å²) >= 11 is 0. The highest BCUT2D eigenvalue weighted by Gasteiger charge is 2.30. The van der Waals surface area contributed by atoms with E-state index >= 15 is 0 Å². The number of nitrogens with zero attached hydrogens (tertiary/aromatic N) is 1. The quantitative estimate of drug-likeness (QED) is 0.727. The Bertz CT molecular complexity index is 646. The molecule has 1 heterocycles. The molecule has 1 amide bonds. The van der Waals surface area contributed by atoms with Crippen molar-refractivity contribution in [3.05, 3.63) is 18.2 Å². The Labute approximate surface area is 130 Å². The molecule has 1 fully saturated rings. The first-order chi connectivity index (χ1) is 10.8. The number of H-pyrrole nitrogens is 1. The van der Waals surface area contributed by atoms with Crippen molar-refractivity contribution in [2.45, 2.75) is 45.4 Å². The van der Waals surface area contributed by atoms with E-state index in [-0.39, 0.29) is 11.8 Å². The van der Waals surface area contributed by atoms with E-state index in [2.05, 4.69) is 22.4 Å². The van der Waals surface area contributed by atoms with Crippen LogP contribution in [0.5, 0.6) is 5.75 Å². The fourth-order valence-corrected chi connectivity index (χ4v) is 2.46. The van der Waals surface area contributed by atoms with Gasteiger partial charge in [0, 0.05) is 11.3 Å². The van der Waals surface area contributed by atoms with Crippen molar-refractivity contribution >= 4 is 22.6 Å². The number of rotatable bonds is 8. The minimum atomic E-state index is 0.0688. The van der Waals surface area contributed by atoms with E-state index in [1.807, 2.05) is 18.2 Å². The summed E-state index contributed by atoms with van der Waals surface area (Å²) in [5.74, 6) is 1.67. The molecule has 22 heavy (non-hydrogen) atoms. The summed E-state index contributed by atoms with van der Waals surface area (Å²) in [5.41, 5.74) is 0.907. The van der Waals surface area contributed by atoms with E-state index in [4.69, 9.17) is 4.74 Å². The summed E-state index contributed by atoms with van der Waals surface area (Å²) in [7, 11) is 0. The van der Waals surface area contributed by atoms with E-state index in [0.717, 1.165) is 42.5 Å². The van der Waals surface area contributed by atoms with Gasteiger partial charge in [-0.2, -0.15) is 5.10 Å². The molecule has 1 aromatic carbocycles. The smallest absolute Gasteiger partial charge is 0.228 e.